The second kappa shape index (κ2) is 5.97. The van der Waals surface area contributed by atoms with Crippen LogP contribution in [0.25, 0.3) is 0 Å². The number of Topliss-reactive ketones (excluding diaryl/α,β-unsaturated/α-hetero) is 1. The summed E-state index contributed by atoms with van der Waals surface area (Å²) in [5.41, 5.74) is -0.568. The Bertz CT molecular complexity index is 354. The van der Waals surface area contributed by atoms with Gasteiger partial charge in [0.25, 0.3) is 0 Å². The molecule has 1 aliphatic rings. The number of ketones is 1. The third-order valence-electron chi connectivity index (χ3n) is 3.96. The van der Waals surface area contributed by atoms with Gasteiger partial charge in [-0.15, -0.1) is 8.20 Å². The van der Waals surface area contributed by atoms with Crippen LogP contribution < -0.4 is 5.32 Å². The van der Waals surface area contributed by atoms with Gasteiger partial charge in [0.05, 0.1) is 0 Å². The van der Waals surface area contributed by atoms with Crippen LogP contribution in [-0.2, 0) is 9.59 Å². The fraction of sp³-hybridized carbons (Fsp3) is 0.786. The van der Waals surface area contributed by atoms with Crippen LogP contribution in [-0.4, -0.2) is 29.7 Å². The molecule has 1 saturated carbocycles. The third-order valence-corrected chi connectivity index (χ3v) is 4.54. The molecular weight excluding hydrogens is 245 g/mol. The van der Waals surface area contributed by atoms with Crippen molar-refractivity contribution in [3.8, 4) is 0 Å². The summed E-state index contributed by atoms with van der Waals surface area (Å²) >= 11 is 0. The van der Waals surface area contributed by atoms with Crippen molar-refractivity contribution in [3.63, 3.8) is 0 Å². The molecule has 0 radical (unpaired) electrons. The predicted octanol–water partition coefficient (Wildman–Crippen LogP) is 2.51. The van der Waals surface area contributed by atoms with Crippen molar-refractivity contribution < 1.29 is 9.59 Å². The molecule has 4 heteroatoms. The van der Waals surface area contributed by atoms with Crippen molar-refractivity contribution >= 4 is 26.2 Å². The van der Waals surface area contributed by atoms with E-state index in [0.29, 0.717) is 11.8 Å². The molecule has 1 aliphatic carbocycles. The molecule has 1 rings (SSSR count). The predicted molar refractivity (Wildman–Crippen MR) is 77.2 cm³/mol. The van der Waals surface area contributed by atoms with Crippen LogP contribution in [0.4, 0.5) is 0 Å². The van der Waals surface area contributed by atoms with Gasteiger partial charge in [0.2, 0.25) is 5.91 Å². The van der Waals surface area contributed by atoms with Crippen molar-refractivity contribution in [2.75, 3.05) is 6.16 Å². The minimum absolute atomic E-state index is 0.0111. The smallest absolute Gasteiger partial charge is 0.223 e. The Hall–Kier alpha value is -0.690. The Morgan fingerprint density at radius 3 is 2.44 bits per heavy atom. The maximum absolute atomic E-state index is 12.1. The summed E-state index contributed by atoms with van der Waals surface area (Å²) in [6.07, 6.45) is 6.31. The monoisotopic (exact) mass is 269 g/mol. The number of rotatable bonds is 7. The second-order valence-corrected chi connectivity index (χ2v) is 6.60. The van der Waals surface area contributed by atoms with Gasteiger partial charge >= 0.3 is 0 Å². The van der Waals surface area contributed by atoms with Gasteiger partial charge in [-0.25, -0.2) is 0 Å². The molecule has 1 amide bonds. The van der Waals surface area contributed by atoms with E-state index in [-0.39, 0.29) is 17.6 Å². The lowest BCUT2D eigenvalue weighted by Crippen LogP contribution is -2.46. The average Bonchev–Trinajstić information content (AvgIpc) is 3.01. The van der Waals surface area contributed by atoms with Crippen molar-refractivity contribution in [3.05, 3.63) is 0 Å². The highest BCUT2D eigenvalue weighted by atomic mass is 31.1. The Morgan fingerprint density at radius 1 is 1.44 bits per heavy atom. The van der Waals surface area contributed by atoms with Crippen molar-refractivity contribution in [1.29, 1.82) is 0 Å². The highest BCUT2D eigenvalue weighted by molar-refractivity contribution is 7.36. The lowest BCUT2D eigenvalue weighted by atomic mass is 9.99. The van der Waals surface area contributed by atoms with Crippen LogP contribution in [0.2, 0.25) is 0 Å². The van der Waals surface area contributed by atoms with Gasteiger partial charge in [0, 0.05) is 5.92 Å². The first-order valence-corrected chi connectivity index (χ1v) is 7.87. The van der Waals surface area contributed by atoms with Crippen LogP contribution >= 0.6 is 8.20 Å². The van der Waals surface area contributed by atoms with Crippen molar-refractivity contribution in [2.45, 2.75) is 46.1 Å². The van der Waals surface area contributed by atoms with E-state index in [9.17, 15) is 9.59 Å². The van der Waals surface area contributed by atoms with Gasteiger partial charge < -0.3 is 5.32 Å². The molecule has 3 nitrogen and oxygen atoms in total. The van der Waals surface area contributed by atoms with E-state index in [1.54, 1.807) is 6.92 Å². The number of amides is 1. The van der Waals surface area contributed by atoms with Crippen molar-refractivity contribution in [1.82, 2.24) is 5.32 Å². The first kappa shape index (κ1) is 15.4. The molecule has 0 aliphatic heterocycles. The summed E-state index contributed by atoms with van der Waals surface area (Å²) in [6.45, 7) is 7.71. The fourth-order valence-electron chi connectivity index (χ4n) is 2.49. The van der Waals surface area contributed by atoms with Gasteiger partial charge in [-0.05, 0) is 37.8 Å². The number of hydrogen-bond donors (Lipinski definition) is 1. The third kappa shape index (κ3) is 3.20. The fourth-order valence-corrected chi connectivity index (χ4v) is 3.06. The van der Waals surface area contributed by atoms with Crippen LogP contribution in [0.1, 0.15) is 40.5 Å². The van der Waals surface area contributed by atoms with E-state index in [1.807, 2.05) is 6.92 Å². The van der Waals surface area contributed by atoms with E-state index in [4.69, 9.17) is 0 Å². The summed E-state index contributed by atoms with van der Waals surface area (Å²) in [7, 11) is 1.07. The van der Waals surface area contributed by atoms with Gasteiger partial charge in [-0.3, -0.25) is 9.59 Å². The summed E-state index contributed by atoms with van der Waals surface area (Å²) in [5.74, 6) is 0.804. The number of nitrogens with one attached hydrogen (secondary N) is 1. The minimum Gasteiger partial charge on any atom is -0.343 e. The molecule has 0 saturated heterocycles. The molecule has 18 heavy (non-hydrogen) atoms. The zero-order valence-electron chi connectivity index (χ0n) is 11.8. The van der Waals surface area contributed by atoms with Gasteiger partial charge in [0.1, 0.15) is 5.54 Å². The second-order valence-electron chi connectivity index (χ2n) is 5.71. The lowest BCUT2D eigenvalue weighted by molar-refractivity contribution is -0.130. The summed E-state index contributed by atoms with van der Waals surface area (Å²) < 4.78 is 0. The maximum Gasteiger partial charge on any atom is 0.223 e. The number of carbonyl (C=O) groups excluding carboxylic acids is 2. The van der Waals surface area contributed by atoms with Crippen molar-refractivity contribution in [2.24, 2.45) is 17.8 Å². The molecule has 0 aromatic heterocycles. The minimum atomic E-state index is -0.568. The number of carbonyl (C=O) groups is 2. The van der Waals surface area contributed by atoms with Gasteiger partial charge in [0.15, 0.2) is 5.78 Å². The largest absolute Gasteiger partial charge is 0.343 e. The van der Waals surface area contributed by atoms with Gasteiger partial charge in [-0.2, -0.15) is 0 Å². The summed E-state index contributed by atoms with van der Waals surface area (Å²) in [6, 6.07) is 0. The molecule has 0 spiro atoms. The molecule has 1 fully saturated rings. The van der Waals surface area contributed by atoms with Gasteiger partial charge in [-0.1, -0.05) is 27.1 Å². The Balaban J connectivity index is 2.62. The molecular formula is C14H24NO2P. The molecule has 3 atom stereocenters. The Morgan fingerprint density at radius 2 is 2.06 bits per heavy atom. The van der Waals surface area contributed by atoms with Crippen LogP contribution in [0.3, 0.4) is 0 Å². The average molecular weight is 269 g/mol. The van der Waals surface area contributed by atoms with Crippen LogP contribution in [0.15, 0.2) is 0 Å². The van der Waals surface area contributed by atoms with E-state index >= 15 is 0 Å². The van der Waals surface area contributed by atoms with E-state index in [2.05, 4.69) is 25.5 Å². The molecule has 0 bridgehead atoms. The molecule has 0 heterocycles. The first-order valence-electron chi connectivity index (χ1n) is 6.60. The van der Waals surface area contributed by atoms with E-state index in [0.717, 1.165) is 27.2 Å². The molecule has 102 valence electrons. The Labute approximate surface area is 112 Å². The van der Waals surface area contributed by atoms with E-state index < -0.39 is 5.54 Å². The normalized spacial score (nSPS) is 28.2. The zero-order chi connectivity index (χ0) is 13.9. The van der Waals surface area contributed by atoms with E-state index in [1.165, 1.54) is 0 Å². The highest BCUT2D eigenvalue weighted by Gasteiger charge is 2.60. The lowest BCUT2D eigenvalue weighted by Gasteiger charge is -2.20. The molecule has 1 unspecified atom stereocenters. The van der Waals surface area contributed by atoms with Crippen LogP contribution in [0, 0.1) is 17.8 Å². The molecule has 0 aromatic rings. The molecule has 1 N–H and O–H groups in total. The number of hydrogen-bond acceptors (Lipinski definition) is 2. The maximum atomic E-state index is 12.1. The zero-order valence-corrected chi connectivity index (χ0v) is 12.7. The first-order chi connectivity index (χ1) is 8.35. The topological polar surface area (TPSA) is 46.2 Å². The Kier molecular flexibility index (Phi) is 5.10. The standard InChI is InChI=1S/C14H24NO2P/c1-9(2)12-8-14(12,11(4)16)15-13(17)10(3)6-7-18-5/h9-10,12H,5-8H2,1-4H3,(H,15,17)/t10-,12-,14?/m0/s1. The SMILES string of the molecule is C=PCC[C@H](C)C(=O)NC1(C(C)=O)C[C@H]1C(C)C. The van der Waals surface area contributed by atoms with Crippen LogP contribution in [0.5, 0.6) is 0 Å². The summed E-state index contributed by atoms with van der Waals surface area (Å²) in [5, 5.41) is 2.99. The quantitative estimate of drug-likeness (QED) is 0.722. The summed E-state index contributed by atoms with van der Waals surface area (Å²) in [4.78, 5) is 23.9. The highest BCUT2D eigenvalue weighted by Crippen LogP contribution is 2.49. The molecule has 0 aromatic carbocycles.